The summed E-state index contributed by atoms with van der Waals surface area (Å²) in [5.74, 6) is 0.768. The zero-order chi connectivity index (χ0) is 14.8. The van der Waals surface area contributed by atoms with Gasteiger partial charge >= 0.3 is 0 Å². The normalized spacial score (nSPS) is 18.3. The molecular weight excluding hydrogens is 266 g/mol. The van der Waals surface area contributed by atoms with E-state index in [1.54, 1.807) is 10.7 Å². The first-order chi connectivity index (χ1) is 10.1. The molecule has 1 saturated heterocycles. The Morgan fingerprint density at radius 2 is 2.19 bits per heavy atom. The molecule has 21 heavy (non-hydrogen) atoms. The largest absolute Gasteiger partial charge is 0.342 e. The summed E-state index contributed by atoms with van der Waals surface area (Å²) in [6.45, 7) is 4.39. The standard InChI is InChI=1S/C16H19N3O2/c1-12-6-8-18(11-12)16(21)7-9-19-14-5-3-2-4-13(14)15(20)10-17-19/h2-5,10,12H,6-9,11H2,1H3/t12-/m0/s1. The van der Waals surface area contributed by atoms with Gasteiger partial charge in [-0.3, -0.25) is 14.3 Å². The summed E-state index contributed by atoms with van der Waals surface area (Å²) in [5, 5.41) is 4.80. The quantitative estimate of drug-likeness (QED) is 0.861. The number of nitrogens with zero attached hydrogens (tertiary/aromatic N) is 3. The molecule has 1 aromatic heterocycles. The number of aryl methyl sites for hydroxylation is 1. The summed E-state index contributed by atoms with van der Waals surface area (Å²) >= 11 is 0. The lowest BCUT2D eigenvalue weighted by Crippen LogP contribution is -2.29. The van der Waals surface area contributed by atoms with E-state index in [1.165, 1.54) is 6.20 Å². The van der Waals surface area contributed by atoms with Crippen LogP contribution in [0.3, 0.4) is 0 Å². The Hall–Kier alpha value is -2.17. The number of benzene rings is 1. The highest BCUT2D eigenvalue weighted by Gasteiger charge is 2.22. The Morgan fingerprint density at radius 1 is 1.38 bits per heavy atom. The van der Waals surface area contributed by atoms with E-state index in [1.807, 2.05) is 23.1 Å². The summed E-state index contributed by atoms with van der Waals surface area (Å²) < 4.78 is 1.74. The van der Waals surface area contributed by atoms with Crippen LogP contribution in [-0.2, 0) is 11.3 Å². The molecule has 5 nitrogen and oxygen atoms in total. The smallest absolute Gasteiger partial charge is 0.224 e. The van der Waals surface area contributed by atoms with Crippen molar-refractivity contribution in [2.45, 2.75) is 26.3 Å². The Kier molecular flexibility index (Phi) is 3.73. The van der Waals surface area contributed by atoms with Crippen LogP contribution in [0, 0.1) is 5.92 Å². The number of carbonyl (C=O) groups excluding carboxylic acids is 1. The van der Waals surface area contributed by atoms with Gasteiger partial charge < -0.3 is 4.90 Å². The van der Waals surface area contributed by atoms with Crippen molar-refractivity contribution in [1.29, 1.82) is 0 Å². The number of amides is 1. The number of hydrogen-bond donors (Lipinski definition) is 0. The summed E-state index contributed by atoms with van der Waals surface area (Å²) in [6, 6.07) is 7.38. The molecule has 110 valence electrons. The highest BCUT2D eigenvalue weighted by Crippen LogP contribution is 2.16. The molecule has 0 N–H and O–H groups in total. The number of aromatic nitrogens is 2. The molecule has 5 heteroatoms. The molecule has 1 aliphatic rings. The van der Waals surface area contributed by atoms with Gasteiger partial charge in [-0.25, -0.2) is 0 Å². The molecule has 0 bridgehead atoms. The molecule has 0 radical (unpaired) electrons. The van der Waals surface area contributed by atoms with Crippen molar-refractivity contribution >= 4 is 16.8 Å². The third-order valence-corrected chi connectivity index (χ3v) is 4.08. The highest BCUT2D eigenvalue weighted by molar-refractivity contribution is 5.79. The average Bonchev–Trinajstić information content (AvgIpc) is 2.93. The van der Waals surface area contributed by atoms with Crippen LogP contribution in [0.25, 0.3) is 10.9 Å². The van der Waals surface area contributed by atoms with Crippen LogP contribution in [0.15, 0.2) is 35.3 Å². The van der Waals surface area contributed by atoms with Crippen LogP contribution in [0.2, 0.25) is 0 Å². The van der Waals surface area contributed by atoms with E-state index in [2.05, 4.69) is 12.0 Å². The van der Waals surface area contributed by atoms with Gasteiger partial charge in [-0.15, -0.1) is 0 Å². The number of fused-ring (bicyclic) bond motifs is 1. The number of hydrogen-bond acceptors (Lipinski definition) is 3. The van der Waals surface area contributed by atoms with Gasteiger partial charge in [0, 0.05) is 24.9 Å². The topological polar surface area (TPSA) is 55.2 Å². The van der Waals surface area contributed by atoms with E-state index in [-0.39, 0.29) is 11.3 Å². The Bertz CT molecular complexity index is 723. The Balaban J connectivity index is 1.75. The zero-order valence-electron chi connectivity index (χ0n) is 12.2. The first kappa shape index (κ1) is 13.8. The van der Waals surface area contributed by atoms with Crippen LogP contribution in [0.4, 0.5) is 0 Å². The van der Waals surface area contributed by atoms with Crippen molar-refractivity contribution in [3.63, 3.8) is 0 Å². The number of likely N-dealkylation sites (tertiary alicyclic amines) is 1. The van der Waals surface area contributed by atoms with Crippen molar-refractivity contribution in [3.05, 3.63) is 40.7 Å². The van der Waals surface area contributed by atoms with Crippen molar-refractivity contribution in [1.82, 2.24) is 14.7 Å². The van der Waals surface area contributed by atoms with Gasteiger partial charge in [0.05, 0.1) is 18.3 Å². The molecule has 0 aliphatic carbocycles. The lowest BCUT2D eigenvalue weighted by Gasteiger charge is -2.16. The maximum Gasteiger partial charge on any atom is 0.224 e. The van der Waals surface area contributed by atoms with Gasteiger partial charge in [-0.2, -0.15) is 5.10 Å². The predicted molar refractivity (Wildman–Crippen MR) is 81.0 cm³/mol. The molecule has 1 fully saturated rings. The van der Waals surface area contributed by atoms with E-state index in [9.17, 15) is 9.59 Å². The fraction of sp³-hybridized carbons (Fsp3) is 0.438. The molecule has 0 spiro atoms. The van der Waals surface area contributed by atoms with Gasteiger partial charge in [0.15, 0.2) is 0 Å². The number of rotatable bonds is 3. The average molecular weight is 285 g/mol. The molecule has 2 aromatic rings. The van der Waals surface area contributed by atoms with Crippen LogP contribution in [-0.4, -0.2) is 33.7 Å². The third-order valence-electron chi connectivity index (χ3n) is 4.08. The lowest BCUT2D eigenvalue weighted by atomic mass is 10.2. The van der Waals surface area contributed by atoms with Gasteiger partial charge in [0.1, 0.15) is 0 Å². The van der Waals surface area contributed by atoms with Crippen LogP contribution in [0.5, 0.6) is 0 Å². The minimum absolute atomic E-state index is 0.0819. The molecule has 1 atom stereocenters. The maximum absolute atomic E-state index is 12.2. The maximum atomic E-state index is 12.2. The molecule has 0 saturated carbocycles. The number of para-hydroxylation sites is 1. The summed E-state index contributed by atoms with van der Waals surface area (Å²) in [5.41, 5.74) is 0.703. The van der Waals surface area contributed by atoms with Crippen molar-refractivity contribution < 1.29 is 4.79 Å². The van der Waals surface area contributed by atoms with E-state index in [0.717, 1.165) is 25.0 Å². The predicted octanol–water partition coefficient (Wildman–Crippen LogP) is 1.65. The van der Waals surface area contributed by atoms with Gasteiger partial charge in [-0.1, -0.05) is 19.1 Å². The van der Waals surface area contributed by atoms with Crippen LogP contribution in [0.1, 0.15) is 19.8 Å². The summed E-state index contributed by atoms with van der Waals surface area (Å²) in [6.07, 6.45) is 2.84. The van der Waals surface area contributed by atoms with E-state index < -0.39 is 0 Å². The Labute approximate surface area is 123 Å². The zero-order valence-corrected chi connectivity index (χ0v) is 12.2. The van der Waals surface area contributed by atoms with E-state index >= 15 is 0 Å². The molecule has 1 aliphatic heterocycles. The van der Waals surface area contributed by atoms with Crippen molar-refractivity contribution in [3.8, 4) is 0 Å². The lowest BCUT2D eigenvalue weighted by molar-refractivity contribution is -0.130. The SMILES string of the molecule is C[C@H]1CCN(C(=O)CCn2ncc(=O)c3ccccc32)C1. The van der Waals surface area contributed by atoms with E-state index in [0.29, 0.717) is 24.3 Å². The molecule has 1 aromatic carbocycles. The minimum Gasteiger partial charge on any atom is -0.342 e. The minimum atomic E-state index is -0.0819. The summed E-state index contributed by atoms with van der Waals surface area (Å²) in [4.78, 5) is 25.9. The second-order valence-electron chi connectivity index (χ2n) is 5.73. The van der Waals surface area contributed by atoms with Crippen LogP contribution >= 0.6 is 0 Å². The molecule has 2 heterocycles. The molecular formula is C16H19N3O2. The fourth-order valence-electron chi connectivity index (χ4n) is 2.86. The van der Waals surface area contributed by atoms with Crippen molar-refractivity contribution in [2.75, 3.05) is 13.1 Å². The van der Waals surface area contributed by atoms with Crippen molar-refractivity contribution in [2.24, 2.45) is 5.92 Å². The third kappa shape index (κ3) is 2.82. The van der Waals surface area contributed by atoms with Crippen LogP contribution < -0.4 is 5.43 Å². The summed E-state index contributed by atoms with van der Waals surface area (Å²) in [7, 11) is 0. The number of carbonyl (C=O) groups is 1. The molecule has 1 amide bonds. The first-order valence-electron chi connectivity index (χ1n) is 7.38. The molecule has 0 unspecified atom stereocenters. The monoisotopic (exact) mass is 285 g/mol. The fourth-order valence-corrected chi connectivity index (χ4v) is 2.86. The first-order valence-corrected chi connectivity index (χ1v) is 7.38. The van der Waals surface area contributed by atoms with Gasteiger partial charge in [0.2, 0.25) is 11.3 Å². The Morgan fingerprint density at radius 3 is 2.95 bits per heavy atom. The second kappa shape index (κ2) is 5.68. The highest BCUT2D eigenvalue weighted by atomic mass is 16.2. The van der Waals surface area contributed by atoms with Gasteiger partial charge in [0.25, 0.3) is 0 Å². The second-order valence-corrected chi connectivity index (χ2v) is 5.73. The van der Waals surface area contributed by atoms with E-state index in [4.69, 9.17) is 0 Å². The van der Waals surface area contributed by atoms with Gasteiger partial charge in [-0.05, 0) is 24.5 Å². The molecule has 3 rings (SSSR count).